The highest BCUT2D eigenvalue weighted by Crippen LogP contribution is 2.26. The summed E-state index contributed by atoms with van der Waals surface area (Å²) in [7, 11) is 0. The van der Waals surface area contributed by atoms with Gasteiger partial charge in [0.05, 0.1) is 16.2 Å². The number of amides is 1. The van der Waals surface area contributed by atoms with Crippen molar-refractivity contribution in [3.8, 4) is 0 Å². The van der Waals surface area contributed by atoms with E-state index >= 15 is 0 Å². The summed E-state index contributed by atoms with van der Waals surface area (Å²) in [5.74, 6) is -0.0243. The molecule has 0 saturated heterocycles. The van der Waals surface area contributed by atoms with Crippen molar-refractivity contribution in [3.05, 3.63) is 33.6 Å². The number of fused-ring (bicyclic) bond motifs is 1. The highest BCUT2D eigenvalue weighted by molar-refractivity contribution is 8.00. The van der Waals surface area contributed by atoms with Gasteiger partial charge in [0.15, 0.2) is 5.16 Å². The van der Waals surface area contributed by atoms with Crippen LogP contribution in [0.1, 0.15) is 33.1 Å². The molecule has 0 radical (unpaired) electrons. The van der Waals surface area contributed by atoms with Gasteiger partial charge in [-0.05, 0) is 51.3 Å². The molecule has 1 aromatic carbocycles. The first-order valence-corrected chi connectivity index (χ1v) is 10.5. The molecule has 27 heavy (non-hydrogen) atoms. The van der Waals surface area contributed by atoms with Gasteiger partial charge in [-0.25, -0.2) is 4.98 Å². The molecule has 1 aliphatic carbocycles. The van der Waals surface area contributed by atoms with Gasteiger partial charge in [-0.1, -0.05) is 23.4 Å². The van der Waals surface area contributed by atoms with Gasteiger partial charge < -0.3 is 10.1 Å². The Morgan fingerprint density at radius 3 is 2.96 bits per heavy atom. The van der Waals surface area contributed by atoms with E-state index in [0.29, 0.717) is 53.3 Å². The van der Waals surface area contributed by atoms with Crippen LogP contribution in [0.2, 0.25) is 5.02 Å². The lowest BCUT2D eigenvalue weighted by atomic mass is 10.2. The average Bonchev–Trinajstić information content (AvgIpc) is 3.44. The molecule has 1 saturated carbocycles. The van der Waals surface area contributed by atoms with Crippen molar-refractivity contribution in [3.63, 3.8) is 0 Å². The second-order valence-electron chi connectivity index (χ2n) is 6.61. The topological polar surface area (TPSA) is 73.2 Å². The monoisotopic (exact) mass is 409 g/mol. The first kappa shape index (κ1) is 20.2. The molecule has 0 aliphatic heterocycles. The summed E-state index contributed by atoms with van der Waals surface area (Å²) < 4.78 is 7.02. The second kappa shape index (κ2) is 9.08. The highest BCUT2D eigenvalue weighted by Gasteiger charge is 2.27. The van der Waals surface area contributed by atoms with Crippen molar-refractivity contribution < 1.29 is 9.53 Å². The number of thioether (sulfide) groups is 1. The molecule has 146 valence electrons. The number of benzene rings is 1. The van der Waals surface area contributed by atoms with Crippen LogP contribution in [0.3, 0.4) is 0 Å². The highest BCUT2D eigenvalue weighted by atomic mass is 35.5. The molecule has 3 rings (SSSR count). The van der Waals surface area contributed by atoms with Crippen LogP contribution >= 0.6 is 23.4 Å². The molecular formula is C19H24ClN3O3S. The molecule has 2 aromatic rings. The fourth-order valence-electron chi connectivity index (χ4n) is 2.69. The van der Waals surface area contributed by atoms with Crippen molar-refractivity contribution >= 4 is 40.2 Å². The lowest BCUT2D eigenvalue weighted by Gasteiger charge is -2.16. The quantitative estimate of drug-likeness (QED) is 0.391. The molecule has 1 aromatic heterocycles. The number of hydrogen-bond acceptors (Lipinski definition) is 5. The summed E-state index contributed by atoms with van der Waals surface area (Å²) in [6.45, 7) is 5.48. The number of nitrogens with one attached hydrogen (secondary N) is 1. The third-order valence-corrected chi connectivity index (χ3v) is 5.66. The van der Waals surface area contributed by atoms with E-state index < -0.39 is 0 Å². The Kier molecular flexibility index (Phi) is 6.78. The second-order valence-corrected chi connectivity index (χ2v) is 8.35. The van der Waals surface area contributed by atoms with E-state index in [2.05, 4.69) is 10.3 Å². The van der Waals surface area contributed by atoms with Crippen LogP contribution in [0.4, 0.5) is 0 Å². The van der Waals surface area contributed by atoms with Gasteiger partial charge in [-0.3, -0.25) is 14.2 Å². The van der Waals surface area contributed by atoms with Gasteiger partial charge in [0.25, 0.3) is 5.56 Å². The zero-order valence-corrected chi connectivity index (χ0v) is 17.1. The zero-order chi connectivity index (χ0) is 19.4. The maximum atomic E-state index is 13.0. The number of rotatable bonds is 9. The molecule has 0 spiro atoms. The Morgan fingerprint density at radius 2 is 2.26 bits per heavy atom. The number of carbonyl (C=O) groups excluding carboxylic acids is 1. The number of halogens is 1. The lowest BCUT2D eigenvalue weighted by Crippen LogP contribution is -2.33. The number of hydrogen-bond donors (Lipinski definition) is 1. The van der Waals surface area contributed by atoms with Gasteiger partial charge in [-0.2, -0.15) is 0 Å². The smallest absolute Gasteiger partial charge is 0.262 e. The fourth-order valence-corrected chi connectivity index (χ4v) is 3.80. The van der Waals surface area contributed by atoms with Gasteiger partial charge in [0.1, 0.15) is 0 Å². The summed E-state index contributed by atoms with van der Waals surface area (Å²) in [6, 6.07) is 5.37. The molecule has 1 heterocycles. The van der Waals surface area contributed by atoms with E-state index in [1.54, 1.807) is 22.8 Å². The molecule has 6 nitrogen and oxygen atoms in total. The van der Waals surface area contributed by atoms with Crippen LogP contribution < -0.4 is 10.9 Å². The van der Waals surface area contributed by atoms with Gasteiger partial charge in [0.2, 0.25) is 5.91 Å². The molecular weight excluding hydrogens is 386 g/mol. The lowest BCUT2D eigenvalue weighted by molar-refractivity contribution is -0.120. The van der Waals surface area contributed by atoms with Crippen LogP contribution in [0.25, 0.3) is 10.9 Å². The maximum absolute atomic E-state index is 13.0. The Labute approximate surface area is 167 Å². The van der Waals surface area contributed by atoms with Crippen LogP contribution in [-0.2, 0) is 16.1 Å². The van der Waals surface area contributed by atoms with Gasteiger partial charge >= 0.3 is 0 Å². The predicted molar refractivity (Wildman–Crippen MR) is 109 cm³/mol. The minimum Gasteiger partial charge on any atom is -0.382 e. The normalized spacial score (nSPS) is 15.1. The Morgan fingerprint density at radius 1 is 1.48 bits per heavy atom. The van der Waals surface area contributed by atoms with Gasteiger partial charge in [-0.15, -0.1) is 0 Å². The molecule has 1 atom stereocenters. The van der Waals surface area contributed by atoms with Crippen molar-refractivity contribution in [2.45, 2.75) is 56.1 Å². The van der Waals surface area contributed by atoms with E-state index in [0.717, 1.165) is 12.8 Å². The number of carbonyl (C=O) groups is 1. The Hall–Kier alpha value is -1.57. The Balaban J connectivity index is 1.89. The van der Waals surface area contributed by atoms with Gasteiger partial charge in [0, 0.05) is 30.8 Å². The summed E-state index contributed by atoms with van der Waals surface area (Å²) in [5.41, 5.74) is 0.427. The van der Waals surface area contributed by atoms with Crippen LogP contribution in [0.15, 0.2) is 28.2 Å². The maximum Gasteiger partial charge on any atom is 0.262 e. The summed E-state index contributed by atoms with van der Waals surface area (Å²) in [5, 5.41) is 4.24. The third-order valence-electron chi connectivity index (χ3n) is 4.33. The third kappa shape index (κ3) is 5.24. The molecule has 0 bridgehead atoms. The van der Waals surface area contributed by atoms with Crippen molar-refractivity contribution in [2.75, 3.05) is 13.2 Å². The molecule has 1 unspecified atom stereocenters. The first-order chi connectivity index (χ1) is 13.0. The molecule has 1 amide bonds. The summed E-state index contributed by atoms with van der Waals surface area (Å²) >= 11 is 7.37. The first-order valence-electron chi connectivity index (χ1n) is 9.24. The van der Waals surface area contributed by atoms with Crippen molar-refractivity contribution in [1.29, 1.82) is 0 Å². The molecule has 1 fully saturated rings. The summed E-state index contributed by atoms with van der Waals surface area (Å²) in [6.07, 6.45) is 2.78. The van der Waals surface area contributed by atoms with Crippen LogP contribution in [-0.4, -0.2) is 40.0 Å². The Bertz CT molecular complexity index is 882. The van der Waals surface area contributed by atoms with Crippen molar-refractivity contribution in [1.82, 2.24) is 14.9 Å². The number of ether oxygens (including phenoxy) is 1. The van der Waals surface area contributed by atoms with E-state index in [9.17, 15) is 9.59 Å². The minimum atomic E-state index is -0.340. The largest absolute Gasteiger partial charge is 0.382 e. The molecule has 8 heteroatoms. The standard InChI is InChI=1S/C19H24ClN3O3S/c1-3-26-10-4-9-23-18(25)15-8-5-13(20)11-16(15)22-19(23)27-12(2)17(24)21-14-6-7-14/h5,8,11-12,14H,3-4,6-7,9-10H2,1-2H3,(H,21,24). The van der Waals surface area contributed by atoms with E-state index in [1.807, 2.05) is 13.8 Å². The van der Waals surface area contributed by atoms with E-state index in [4.69, 9.17) is 16.3 Å². The minimum absolute atomic E-state index is 0.0243. The molecule has 1 aliphatic rings. The number of nitrogens with zero attached hydrogens (tertiary/aromatic N) is 2. The van der Waals surface area contributed by atoms with E-state index in [1.165, 1.54) is 11.8 Å². The SMILES string of the molecule is CCOCCCn1c(SC(C)C(=O)NC2CC2)nc2cc(Cl)ccc2c1=O. The van der Waals surface area contributed by atoms with Crippen LogP contribution in [0.5, 0.6) is 0 Å². The average molecular weight is 410 g/mol. The zero-order valence-electron chi connectivity index (χ0n) is 15.5. The fraction of sp³-hybridized carbons (Fsp3) is 0.526. The van der Waals surface area contributed by atoms with Crippen LogP contribution in [0, 0.1) is 0 Å². The van der Waals surface area contributed by atoms with Crippen molar-refractivity contribution in [2.24, 2.45) is 0 Å². The predicted octanol–water partition coefficient (Wildman–Crippen LogP) is 3.24. The molecule has 1 N–H and O–H groups in total. The number of aromatic nitrogens is 2. The van der Waals surface area contributed by atoms with E-state index in [-0.39, 0.29) is 16.7 Å². The summed E-state index contributed by atoms with van der Waals surface area (Å²) in [4.78, 5) is 29.9.